The highest BCUT2D eigenvalue weighted by Crippen LogP contribution is 2.32. The van der Waals surface area contributed by atoms with Crippen LogP contribution in [-0.4, -0.2) is 96.3 Å². The minimum atomic E-state index is -4.30. The van der Waals surface area contributed by atoms with E-state index in [-0.39, 0.29) is 31.2 Å². The molecule has 0 aliphatic carbocycles. The highest BCUT2D eigenvalue weighted by molar-refractivity contribution is 7.89. The van der Waals surface area contributed by atoms with Crippen molar-refractivity contribution in [2.45, 2.75) is 53.2 Å². The third-order valence-corrected chi connectivity index (χ3v) is 10.9. The van der Waals surface area contributed by atoms with Crippen molar-refractivity contribution in [3.8, 4) is 11.5 Å². The van der Waals surface area contributed by atoms with E-state index in [9.17, 15) is 31.0 Å². The van der Waals surface area contributed by atoms with Gasteiger partial charge in [0.1, 0.15) is 11.5 Å². The Balaban J connectivity index is 1.63. The lowest BCUT2D eigenvalue weighted by atomic mass is 10.0. The molecule has 0 aliphatic rings. The molecule has 282 valence electrons. The maximum atomic E-state index is 14.2. The van der Waals surface area contributed by atoms with Crippen LogP contribution in [0.1, 0.15) is 58.5 Å². The average Bonchev–Trinajstić information content (AvgIpc) is 3.04. The van der Waals surface area contributed by atoms with Gasteiger partial charge in [-0.3, -0.25) is 0 Å². The zero-order valence-electron chi connectivity index (χ0n) is 30.7. The van der Waals surface area contributed by atoms with Crippen molar-refractivity contribution in [2.75, 3.05) is 52.3 Å². The van der Waals surface area contributed by atoms with Gasteiger partial charge in [-0.25, -0.2) is 31.1 Å². The molecule has 0 fully saturated rings. The minimum absolute atomic E-state index is 0.130. The monoisotopic (exact) mass is 758 g/mol. The number of likely N-dealkylation sites (N-methyl/N-ethyl adjacent to an activating group) is 1. The number of nitrogens with one attached hydrogen (secondary N) is 1. The first-order valence-corrected chi connectivity index (χ1v) is 20.2. The number of fused-ring (bicyclic) bond motifs is 2. The molecule has 1 heterocycles. The van der Waals surface area contributed by atoms with Crippen molar-refractivity contribution in [1.82, 2.24) is 4.72 Å². The lowest BCUT2D eigenvalue weighted by Crippen LogP contribution is -2.46. The first-order chi connectivity index (χ1) is 24.3. The number of ether oxygens (including phenoxy) is 3. The Kier molecular flexibility index (Phi) is 13.0. The van der Waals surface area contributed by atoms with Crippen LogP contribution >= 0.6 is 0 Å². The van der Waals surface area contributed by atoms with Crippen LogP contribution in [0.25, 0.3) is 21.8 Å². The number of rotatable bonds is 17. The van der Waals surface area contributed by atoms with Gasteiger partial charge in [0.2, 0.25) is 21.1 Å². The van der Waals surface area contributed by atoms with Gasteiger partial charge in [-0.2, -0.15) is 4.57 Å². The molecule has 0 saturated heterocycles. The predicted molar refractivity (Wildman–Crippen MR) is 197 cm³/mol. The van der Waals surface area contributed by atoms with Crippen LogP contribution in [0.5, 0.6) is 11.5 Å². The molecule has 15 heteroatoms. The number of nitrogens with zero attached hydrogens (tertiary/aromatic N) is 2. The van der Waals surface area contributed by atoms with Gasteiger partial charge < -0.3 is 23.2 Å². The van der Waals surface area contributed by atoms with Gasteiger partial charge in [0.15, 0.2) is 6.54 Å². The summed E-state index contributed by atoms with van der Waals surface area (Å²) in [5.74, 6) is -0.831. The number of benzene rings is 3. The number of pyridine rings is 1. The zero-order valence-corrected chi connectivity index (χ0v) is 32.4. The maximum absolute atomic E-state index is 14.2. The van der Waals surface area contributed by atoms with Gasteiger partial charge in [-0.15, -0.1) is 0 Å². The molecule has 52 heavy (non-hydrogen) atoms. The largest absolute Gasteiger partial charge is 0.748 e. The Labute approximate surface area is 305 Å². The topological polar surface area (TPSA) is 169 Å². The molecule has 1 N–H and O–H groups in total. The van der Waals surface area contributed by atoms with E-state index < -0.39 is 37.8 Å². The van der Waals surface area contributed by atoms with Crippen molar-refractivity contribution < 1.29 is 54.2 Å². The highest BCUT2D eigenvalue weighted by Gasteiger charge is 2.28. The quantitative estimate of drug-likeness (QED) is 0.0415. The second kappa shape index (κ2) is 16.7. The summed E-state index contributed by atoms with van der Waals surface area (Å²) in [7, 11) is -2.97. The van der Waals surface area contributed by atoms with E-state index in [1.54, 1.807) is 32.0 Å². The van der Waals surface area contributed by atoms with Crippen molar-refractivity contribution in [3.05, 3.63) is 76.9 Å². The third-order valence-electron chi connectivity index (χ3n) is 8.64. The lowest BCUT2D eigenvalue weighted by Gasteiger charge is -2.30. The molecule has 0 saturated carbocycles. The van der Waals surface area contributed by atoms with E-state index >= 15 is 0 Å². The summed E-state index contributed by atoms with van der Waals surface area (Å²) < 4.78 is 80.8. The molecule has 0 atom stereocenters. The molecular formula is C37H48N3O10S2+. The normalized spacial score (nSPS) is 12.4. The van der Waals surface area contributed by atoms with Crippen LogP contribution in [0.2, 0.25) is 0 Å². The van der Waals surface area contributed by atoms with E-state index in [1.807, 2.05) is 68.9 Å². The molecule has 13 nitrogen and oxygen atoms in total. The molecule has 0 bridgehead atoms. The van der Waals surface area contributed by atoms with Crippen molar-refractivity contribution in [2.24, 2.45) is 0 Å². The van der Waals surface area contributed by atoms with Gasteiger partial charge in [0.25, 0.3) is 0 Å². The summed E-state index contributed by atoms with van der Waals surface area (Å²) in [5.41, 5.74) is 3.22. The summed E-state index contributed by atoms with van der Waals surface area (Å²) in [4.78, 5) is 26.4. The van der Waals surface area contributed by atoms with E-state index in [2.05, 4.69) is 4.72 Å². The Morgan fingerprint density at radius 3 is 2.15 bits per heavy atom. The number of hydrogen-bond donors (Lipinski definition) is 1. The Hall–Kier alpha value is -4.15. The molecule has 0 unspecified atom stereocenters. The number of hydrogen-bond acceptors (Lipinski definition) is 10. The molecule has 0 aliphatic heterocycles. The molecule has 4 aromatic rings. The maximum Gasteiger partial charge on any atom is 0.345 e. The zero-order chi connectivity index (χ0) is 38.4. The summed E-state index contributed by atoms with van der Waals surface area (Å²) in [6.07, 6.45) is 0.322. The predicted octanol–water partition coefficient (Wildman–Crippen LogP) is 4.01. The number of esters is 2. The highest BCUT2D eigenvalue weighted by atomic mass is 32.2. The average molecular weight is 759 g/mol. The van der Waals surface area contributed by atoms with Gasteiger partial charge in [-0.1, -0.05) is 12.1 Å². The SMILES string of the molecule is COC(=O)c1cc(C)c(OC(=O)c2c3ccccc3[n+](CCCS(=O)(=O)NCC[N+](C)(C)CCCS(=O)(=O)[O-])c3ccc(OC(C)C)cc23)c(C)c1. The molecule has 0 radical (unpaired) electrons. The number of quaternary nitrogens is 1. The van der Waals surface area contributed by atoms with Crippen molar-refractivity contribution in [3.63, 3.8) is 0 Å². The van der Waals surface area contributed by atoms with Gasteiger partial charge in [0.05, 0.1) is 84.7 Å². The smallest absolute Gasteiger partial charge is 0.345 e. The fourth-order valence-electron chi connectivity index (χ4n) is 6.21. The number of methoxy groups -OCH3 is 1. The fraction of sp³-hybridized carbons (Fsp3) is 0.432. The van der Waals surface area contributed by atoms with Crippen molar-refractivity contribution >= 4 is 53.9 Å². The lowest BCUT2D eigenvalue weighted by molar-refractivity contribution is -0.889. The number of sulfonamides is 1. The van der Waals surface area contributed by atoms with Gasteiger partial charge >= 0.3 is 11.9 Å². The Morgan fingerprint density at radius 1 is 0.865 bits per heavy atom. The fourth-order valence-corrected chi connectivity index (χ4v) is 7.75. The second-order valence-electron chi connectivity index (χ2n) is 13.8. The summed E-state index contributed by atoms with van der Waals surface area (Å²) in [6, 6.07) is 16.0. The van der Waals surface area contributed by atoms with Crippen LogP contribution in [0.3, 0.4) is 0 Å². The van der Waals surface area contributed by atoms with Crippen molar-refractivity contribution in [1.29, 1.82) is 0 Å². The minimum Gasteiger partial charge on any atom is -0.748 e. The molecule has 0 amide bonds. The standard InChI is InChI=1S/C37H48N3O10S2/c1-25(2)49-29-14-15-33-31(24-29)34(37(42)50-35-26(3)22-28(23-27(35)4)36(41)48-7)30-12-8-9-13-32(30)39(33)17-10-20-51(43,44)38-16-19-40(5,6)18-11-21-52(45,46)47/h8-9,12-15,22-25,38H,10-11,16-21H2,1-7H3/q+1. The van der Waals surface area contributed by atoms with E-state index in [1.165, 1.54) is 7.11 Å². The molecule has 4 rings (SSSR count). The summed E-state index contributed by atoms with van der Waals surface area (Å²) in [5, 5.41) is 1.17. The number of carbonyl (C=O) groups is 2. The van der Waals surface area contributed by atoms with Crippen LogP contribution in [0.15, 0.2) is 54.6 Å². The van der Waals surface area contributed by atoms with Crippen LogP contribution in [0, 0.1) is 13.8 Å². The molecule has 0 spiro atoms. The summed E-state index contributed by atoms with van der Waals surface area (Å²) >= 11 is 0. The van der Waals surface area contributed by atoms with E-state index in [0.29, 0.717) is 79.7 Å². The van der Waals surface area contributed by atoms with E-state index in [0.717, 1.165) is 0 Å². The molecule has 1 aromatic heterocycles. The van der Waals surface area contributed by atoms with Crippen LogP contribution in [-0.2, 0) is 31.4 Å². The number of aromatic nitrogens is 1. The Morgan fingerprint density at radius 2 is 1.52 bits per heavy atom. The molecule has 3 aromatic carbocycles. The van der Waals surface area contributed by atoms with Gasteiger partial charge in [0, 0.05) is 30.7 Å². The first kappa shape index (κ1) is 40.6. The number of aryl methyl sites for hydroxylation is 3. The first-order valence-electron chi connectivity index (χ1n) is 17.0. The van der Waals surface area contributed by atoms with Crippen LogP contribution < -0.4 is 18.8 Å². The number of carbonyl (C=O) groups excluding carboxylic acids is 2. The van der Waals surface area contributed by atoms with E-state index in [4.69, 9.17) is 14.2 Å². The molecular weight excluding hydrogens is 711 g/mol. The third kappa shape index (κ3) is 10.7. The second-order valence-corrected chi connectivity index (χ2v) is 17.2. The van der Waals surface area contributed by atoms with Crippen LogP contribution in [0.4, 0.5) is 0 Å². The summed E-state index contributed by atoms with van der Waals surface area (Å²) in [6.45, 7) is 8.59. The Bertz CT molecular complexity index is 2160. The number of para-hydroxylation sites is 1. The van der Waals surface area contributed by atoms with Gasteiger partial charge in [-0.05, 0) is 69.2 Å².